The van der Waals surface area contributed by atoms with Crippen LogP contribution in [0, 0.1) is 6.92 Å². The summed E-state index contributed by atoms with van der Waals surface area (Å²) in [4.78, 5) is 8.37. The summed E-state index contributed by atoms with van der Waals surface area (Å²) < 4.78 is 7.73. The second-order valence-electron chi connectivity index (χ2n) is 4.06. The van der Waals surface area contributed by atoms with E-state index < -0.39 is 0 Å². The lowest BCUT2D eigenvalue weighted by Crippen LogP contribution is -1.96. The molecule has 0 unspecified atom stereocenters. The number of aryl methyl sites for hydroxylation is 1. The molecular weight excluding hydrogens is 326 g/mol. The molecular formula is C13H10BrN3OS. The fourth-order valence-corrected chi connectivity index (χ4v) is 3.19. The first-order valence-electron chi connectivity index (χ1n) is 5.57. The molecule has 0 fully saturated rings. The van der Waals surface area contributed by atoms with Crippen molar-refractivity contribution < 1.29 is 4.74 Å². The number of ether oxygens (including phenoxy) is 1. The van der Waals surface area contributed by atoms with Crippen molar-refractivity contribution >= 4 is 43.2 Å². The van der Waals surface area contributed by atoms with Gasteiger partial charge < -0.3 is 10.5 Å². The van der Waals surface area contributed by atoms with Gasteiger partial charge in [0, 0.05) is 4.47 Å². The average Bonchev–Trinajstić information content (AvgIpc) is 2.82. The van der Waals surface area contributed by atoms with Crippen molar-refractivity contribution in [2.45, 2.75) is 6.92 Å². The number of fused-ring (bicyclic) bond motifs is 1. The van der Waals surface area contributed by atoms with Crippen molar-refractivity contribution in [1.82, 2.24) is 9.97 Å². The molecule has 0 aliphatic carbocycles. The Morgan fingerprint density at radius 1 is 1.32 bits per heavy atom. The highest BCUT2D eigenvalue weighted by Gasteiger charge is 2.12. The number of aromatic nitrogens is 2. The Hall–Kier alpha value is -1.66. The molecule has 0 saturated heterocycles. The number of rotatable bonds is 2. The predicted octanol–water partition coefficient (Wildman–Crippen LogP) is 4.14. The fraction of sp³-hybridized carbons (Fsp3) is 0.0769. The van der Waals surface area contributed by atoms with Crippen LogP contribution >= 0.6 is 27.3 Å². The molecule has 2 N–H and O–H groups in total. The Kier molecular flexibility index (Phi) is 3.12. The molecule has 1 aromatic carbocycles. The van der Waals surface area contributed by atoms with Crippen molar-refractivity contribution in [3.63, 3.8) is 0 Å². The number of benzene rings is 1. The van der Waals surface area contributed by atoms with Crippen molar-refractivity contribution in [1.29, 1.82) is 0 Å². The summed E-state index contributed by atoms with van der Waals surface area (Å²) >= 11 is 4.95. The second-order valence-corrected chi connectivity index (χ2v) is 5.89. The van der Waals surface area contributed by atoms with Crippen molar-refractivity contribution in [2.24, 2.45) is 0 Å². The maximum atomic E-state index is 5.99. The van der Waals surface area contributed by atoms with E-state index in [1.807, 2.05) is 30.5 Å². The number of nitrogens with zero attached hydrogens (tertiary/aromatic N) is 2. The third-order valence-electron chi connectivity index (χ3n) is 2.68. The molecule has 6 heteroatoms. The molecule has 4 nitrogen and oxygen atoms in total. The standard InChI is InChI=1S/C13H10BrN3OS/c1-7-4-8(14)5-9(15)11(7)18-13-12-10(2-3-19-12)16-6-17-13/h2-6H,15H2,1H3. The summed E-state index contributed by atoms with van der Waals surface area (Å²) in [6.07, 6.45) is 1.49. The number of nitrogens with two attached hydrogens (primary N) is 1. The molecule has 0 bridgehead atoms. The van der Waals surface area contributed by atoms with E-state index in [0.717, 1.165) is 20.3 Å². The van der Waals surface area contributed by atoms with Crippen LogP contribution in [0.5, 0.6) is 11.6 Å². The van der Waals surface area contributed by atoms with Gasteiger partial charge in [-0.25, -0.2) is 9.97 Å². The Balaban J connectivity index is 2.09. The molecule has 3 rings (SSSR count). The van der Waals surface area contributed by atoms with E-state index in [1.54, 1.807) is 11.3 Å². The van der Waals surface area contributed by atoms with Crippen molar-refractivity contribution in [2.75, 3.05) is 5.73 Å². The lowest BCUT2D eigenvalue weighted by atomic mass is 10.2. The maximum Gasteiger partial charge on any atom is 0.240 e. The third kappa shape index (κ3) is 2.29. The van der Waals surface area contributed by atoms with E-state index in [4.69, 9.17) is 10.5 Å². The first-order valence-corrected chi connectivity index (χ1v) is 7.24. The molecule has 2 heterocycles. The van der Waals surface area contributed by atoms with Crippen LogP contribution in [0.25, 0.3) is 10.2 Å². The van der Waals surface area contributed by atoms with E-state index >= 15 is 0 Å². The summed E-state index contributed by atoms with van der Waals surface area (Å²) in [5.74, 6) is 1.17. The lowest BCUT2D eigenvalue weighted by Gasteiger charge is -2.11. The van der Waals surface area contributed by atoms with Gasteiger partial charge in [-0.15, -0.1) is 11.3 Å². The number of halogens is 1. The SMILES string of the molecule is Cc1cc(Br)cc(N)c1Oc1ncnc2ccsc12. The largest absolute Gasteiger partial charge is 0.435 e. The molecule has 0 radical (unpaired) electrons. The monoisotopic (exact) mass is 335 g/mol. The zero-order valence-corrected chi connectivity index (χ0v) is 12.5. The molecule has 0 atom stereocenters. The minimum absolute atomic E-state index is 0.539. The number of thiophene rings is 1. The average molecular weight is 336 g/mol. The number of hydrogen-bond donors (Lipinski definition) is 1. The second kappa shape index (κ2) is 4.79. The van der Waals surface area contributed by atoms with E-state index in [0.29, 0.717) is 17.3 Å². The van der Waals surface area contributed by atoms with Crippen LogP contribution in [0.15, 0.2) is 34.4 Å². The van der Waals surface area contributed by atoms with Gasteiger partial charge in [-0.1, -0.05) is 15.9 Å². The number of hydrogen-bond acceptors (Lipinski definition) is 5. The summed E-state index contributed by atoms with van der Waals surface area (Å²) in [5, 5.41) is 1.96. The minimum Gasteiger partial charge on any atom is -0.435 e. The van der Waals surface area contributed by atoms with Crippen LogP contribution in [0.2, 0.25) is 0 Å². The van der Waals surface area contributed by atoms with Gasteiger partial charge in [0.2, 0.25) is 5.88 Å². The van der Waals surface area contributed by atoms with Crippen LogP contribution in [-0.4, -0.2) is 9.97 Å². The summed E-state index contributed by atoms with van der Waals surface area (Å²) in [6.45, 7) is 1.95. The van der Waals surface area contributed by atoms with Crippen molar-refractivity contribution in [3.05, 3.63) is 39.9 Å². The van der Waals surface area contributed by atoms with E-state index in [2.05, 4.69) is 25.9 Å². The molecule has 0 aliphatic rings. The molecule has 0 aliphatic heterocycles. The molecule has 3 aromatic rings. The van der Waals surface area contributed by atoms with E-state index in [-0.39, 0.29) is 0 Å². The Labute approximate surface area is 122 Å². The first-order chi connectivity index (χ1) is 9.15. The first kappa shape index (κ1) is 12.4. The zero-order chi connectivity index (χ0) is 13.4. The fourth-order valence-electron chi connectivity index (χ4n) is 1.83. The van der Waals surface area contributed by atoms with Gasteiger partial charge in [0.15, 0.2) is 5.75 Å². The summed E-state index contributed by atoms with van der Waals surface area (Å²) in [6, 6.07) is 5.71. The molecule has 0 saturated carbocycles. The smallest absolute Gasteiger partial charge is 0.240 e. The van der Waals surface area contributed by atoms with Gasteiger partial charge in [-0.2, -0.15) is 0 Å². The minimum atomic E-state index is 0.539. The maximum absolute atomic E-state index is 5.99. The Morgan fingerprint density at radius 2 is 2.16 bits per heavy atom. The van der Waals surface area contributed by atoms with Crippen LogP contribution in [0.3, 0.4) is 0 Å². The molecule has 2 aromatic heterocycles. The van der Waals surface area contributed by atoms with Gasteiger partial charge in [0.05, 0.1) is 11.2 Å². The number of nitrogen functional groups attached to an aromatic ring is 1. The van der Waals surface area contributed by atoms with Crippen molar-refractivity contribution in [3.8, 4) is 11.6 Å². The topological polar surface area (TPSA) is 61.0 Å². The van der Waals surface area contributed by atoms with Crippen LogP contribution < -0.4 is 10.5 Å². The molecule has 0 spiro atoms. The van der Waals surface area contributed by atoms with Crippen LogP contribution in [-0.2, 0) is 0 Å². The zero-order valence-electron chi connectivity index (χ0n) is 10.1. The summed E-state index contributed by atoms with van der Waals surface area (Å²) in [7, 11) is 0. The Bertz CT molecular complexity index is 733. The Morgan fingerprint density at radius 3 is 2.95 bits per heavy atom. The normalized spacial score (nSPS) is 10.8. The van der Waals surface area contributed by atoms with E-state index in [1.165, 1.54) is 6.33 Å². The molecule has 19 heavy (non-hydrogen) atoms. The summed E-state index contributed by atoms with van der Waals surface area (Å²) in [5.41, 5.74) is 8.41. The third-order valence-corrected chi connectivity index (χ3v) is 4.03. The van der Waals surface area contributed by atoms with Gasteiger partial charge in [-0.3, -0.25) is 0 Å². The quantitative estimate of drug-likeness (QED) is 0.715. The highest BCUT2D eigenvalue weighted by Crippen LogP contribution is 2.36. The molecule has 96 valence electrons. The van der Waals surface area contributed by atoms with Gasteiger partial charge in [0.1, 0.15) is 11.0 Å². The van der Waals surface area contributed by atoms with Gasteiger partial charge >= 0.3 is 0 Å². The van der Waals surface area contributed by atoms with Gasteiger partial charge in [-0.05, 0) is 36.1 Å². The van der Waals surface area contributed by atoms with Crippen LogP contribution in [0.1, 0.15) is 5.56 Å². The van der Waals surface area contributed by atoms with Gasteiger partial charge in [0.25, 0.3) is 0 Å². The highest BCUT2D eigenvalue weighted by atomic mass is 79.9. The van der Waals surface area contributed by atoms with Crippen LogP contribution in [0.4, 0.5) is 5.69 Å². The van der Waals surface area contributed by atoms with E-state index in [9.17, 15) is 0 Å². The molecule has 0 amide bonds. The lowest BCUT2D eigenvalue weighted by molar-refractivity contribution is 0.468. The number of anilines is 1. The predicted molar refractivity (Wildman–Crippen MR) is 80.8 cm³/mol. The highest BCUT2D eigenvalue weighted by molar-refractivity contribution is 9.10.